The number of hydrogen-bond donors (Lipinski definition) is 0. The Morgan fingerprint density at radius 3 is 1.91 bits per heavy atom. The lowest BCUT2D eigenvalue weighted by Crippen LogP contribution is -1.94. The Bertz CT molecular complexity index is 2790. The lowest BCUT2D eigenvalue weighted by molar-refractivity contribution is 0.983. The topological polar surface area (TPSA) is 35.1 Å². The Hall–Kier alpha value is -6.26. The van der Waals surface area contributed by atoms with Crippen molar-refractivity contribution in [3.05, 3.63) is 158 Å². The van der Waals surface area contributed by atoms with Crippen molar-refractivity contribution in [2.45, 2.75) is 0 Å². The third-order valence-corrected chi connectivity index (χ3v) is 9.32. The quantitative estimate of drug-likeness (QED) is 0.193. The minimum absolute atomic E-state index is 0.993. The van der Waals surface area contributed by atoms with Gasteiger partial charge in [-0.3, -0.25) is 0 Å². The summed E-state index contributed by atoms with van der Waals surface area (Å²) in [6.07, 6.45) is 2.12. The number of benzene rings is 6. The van der Waals surface area contributed by atoms with E-state index < -0.39 is 0 Å². The Labute approximate surface area is 264 Å². The second-order valence-corrected chi connectivity index (χ2v) is 11.9. The molecule has 0 saturated heterocycles. The van der Waals surface area contributed by atoms with Gasteiger partial charge in [0.05, 0.1) is 33.3 Å². The van der Waals surface area contributed by atoms with Gasteiger partial charge in [0.2, 0.25) is 0 Å². The largest absolute Gasteiger partial charge is 0.309 e. The summed E-state index contributed by atoms with van der Waals surface area (Å²) in [5.41, 5.74) is 11.0. The molecule has 0 aliphatic carbocycles. The van der Waals surface area contributed by atoms with Crippen molar-refractivity contribution in [3.63, 3.8) is 0 Å². The summed E-state index contributed by atoms with van der Waals surface area (Å²) in [7, 11) is 0. The van der Waals surface area contributed by atoms with Crippen LogP contribution in [0.15, 0.2) is 158 Å². The van der Waals surface area contributed by atoms with Crippen molar-refractivity contribution in [1.82, 2.24) is 19.2 Å². The van der Waals surface area contributed by atoms with Crippen LogP contribution in [0, 0.1) is 0 Å². The number of fused-ring (bicyclic) bond motifs is 9. The Morgan fingerprint density at radius 1 is 0.391 bits per heavy atom. The molecule has 0 spiro atoms. The highest BCUT2D eigenvalue weighted by Gasteiger charge is 2.17. The van der Waals surface area contributed by atoms with E-state index in [1.54, 1.807) is 0 Å². The first-order valence-corrected chi connectivity index (χ1v) is 15.6. The van der Waals surface area contributed by atoms with Crippen LogP contribution < -0.4 is 0 Å². The molecule has 0 radical (unpaired) electrons. The molecule has 6 aromatic carbocycles. The number of nitrogens with zero attached hydrogens (tertiary/aromatic N) is 4. The Balaban J connectivity index is 1.18. The monoisotopic (exact) mass is 586 g/mol. The average Bonchev–Trinajstić information content (AvgIpc) is 3.66. The maximum Gasteiger partial charge on any atom is 0.0933 e. The standard InChI is InChI=1S/C42H26N4/c1-2-10-30(11-3-1)46-40-17-9-6-13-32(40)35-24-36-34(25-41(35)46)31-12-4-7-15-37(31)43-42(36)28-20-18-27(19-21-28)29-22-23-39-33-14-5-8-16-38(33)44-45(39)26-29/h1-26H. The number of rotatable bonds is 3. The molecule has 0 aliphatic heterocycles. The lowest BCUT2D eigenvalue weighted by atomic mass is 9.96. The van der Waals surface area contributed by atoms with E-state index in [2.05, 4.69) is 156 Å². The van der Waals surface area contributed by atoms with Crippen LogP contribution in [-0.2, 0) is 0 Å². The number of aromatic nitrogens is 4. The highest BCUT2D eigenvalue weighted by molar-refractivity contribution is 6.20. The smallest absolute Gasteiger partial charge is 0.0933 e. The zero-order valence-corrected chi connectivity index (χ0v) is 24.8. The molecule has 4 heterocycles. The first-order valence-electron chi connectivity index (χ1n) is 15.6. The van der Waals surface area contributed by atoms with Gasteiger partial charge >= 0.3 is 0 Å². The average molecular weight is 587 g/mol. The summed E-state index contributed by atoms with van der Waals surface area (Å²) in [6.45, 7) is 0. The summed E-state index contributed by atoms with van der Waals surface area (Å²) in [4.78, 5) is 5.27. The van der Waals surface area contributed by atoms with Crippen LogP contribution in [0.25, 0.3) is 88.0 Å². The van der Waals surface area contributed by atoms with Gasteiger partial charge in [-0.1, -0.05) is 103 Å². The third-order valence-electron chi connectivity index (χ3n) is 9.32. The van der Waals surface area contributed by atoms with E-state index in [4.69, 9.17) is 10.1 Å². The molecule has 4 aromatic heterocycles. The zero-order chi connectivity index (χ0) is 30.2. The van der Waals surface area contributed by atoms with Gasteiger partial charge in [-0.15, -0.1) is 0 Å². The van der Waals surface area contributed by atoms with E-state index in [-0.39, 0.29) is 0 Å². The Morgan fingerprint density at radius 2 is 1.07 bits per heavy atom. The number of hydrogen-bond acceptors (Lipinski definition) is 2. The normalized spacial score (nSPS) is 11.9. The Kier molecular flexibility index (Phi) is 5.25. The highest BCUT2D eigenvalue weighted by Crippen LogP contribution is 2.40. The fourth-order valence-corrected chi connectivity index (χ4v) is 7.16. The van der Waals surface area contributed by atoms with Gasteiger partial charge in [0.25, 0.3) is 0 Å². The van der Waals surface area contributed by atoms with E-state index in [1.807, 2.05) is 10.6 Å². The fourth-order valence-electron chi connectivity index (χ4n) is 7.16. The lowest BCUT2D eigenvalue weighted by Gasteiger charge is -2.13. The van der Waals surface area contributed by atoms with Crippen LogP contribution in [0.3, 0.4) is 0 Å². The van der Waals surface area contributed by atoms with E-state index >= 15 is 0 Å². The molecule has 4 nitrogen and oxygen atoms in total. The minimum Gasteiger partial charge on any atom is -0.309 e. The van der Waals surface area contributed by atoms with Gasteiger partial charge in [-0.2, -0.15) is 5.10 Å². The molecule has 46 heavy (non-hydrogen) atoms. The fraction of sp³-hybridized carbons (Fsp3) is 0. The molecule has 214 valence electrons. The molecule has 10 aromatic rings. The molecule has 0 saturated carbocycles. The molecule has 0 amide bonds. The number of pyridine rings is 2. The summed E-state index contributed by atoms with van der Waals surface area (Å²) in [6, 6.07) is 54.0. The molecular weight excluding hydrogens is 560 g/mol. The molecule has 0 aliphatic rings. The van der Waals surface area contributed by atoms with Crippen LogP contribution in [-0.4, -0.2) is 19.2 Å². The van der Waals surface area contributed by atoms with Gasteiger partial charge in [0.15, 0.2) is 0 Å². The number of para-hydroxylation sites is 3. The van der Waals surface area contributed by atoms with Gasteiger partial charge < -0.3 is 4.57 Å². The zero-order valence-electron chi connectivity index (χ0n) is 24.8. The van der Waals surface area contributed by atoms with Crippen LogP contribution in [0.2, 0.25) is 0 Å². The van der Waals surface area contributed by atoms with Crippen LogP contribution in [0.1, 0.15) is 0 Å². The second kappa shape index (κ2) is 9.62. The van der Waals surface area contributed by atoms with Crippen molar-refractivity contribution in [2.24, 2.45) is 0 Å². The highest BCUT2D eigenvalue weighted by atomic mass is 15.2. The first-order chi connectivity index (χ1) is 22.8. The minimum atomic E-state index is 0.993. The molecule has 0 unspecified atom stereocenters. The molecular formula is C42H26N4. The predicted molar refractivity (Wildman–Crippen MR) is 191 cm³/mol. The van der Waals surface area contributed by atoms with Gasteiger partial charge in [0.1, 0.15) is 0 Å². The van der Waals surface area contributed by atoms with Crippen LogP contribution in [0.5, 0.6) is 0 Å². The third kappa shape index (κ3) is 3.67. The molecule has 0 bridgehead atoms. The van der Waals surface area contributed by atoms with Gasteiger partial charge in [0, 0.05) is 49.9 Å². The van der Waals surface area contributed by atoms with E-state index in [0.717, 1.165) is 55.4 Å². The predicted octanol–water partition coefficient (Wildman–Crippen LogP) is 10.6. The van der Waals surface area contributed by atoms with Crippen molar-refractivity contribution in [1.29, 1.82) is 0 Å². The van der Waals surface area contributed by atoms with E-state index in [9.17, 15) is 0 Å². The second-order valence-electron chi connectivity index (χ2n) is 11.9. The van der Waals surface area contributed by atoms with Crippen molar-refractivity contribution >= 4 is 59.9 Å². The first kappa shape index (κ1) is 25.1. The van der Waals surface area contributed by atoms with Crippen LogP contribution in [0.4, 0.5) is 0 Å². The van der Waals surface area contributed by atoms with Crippen molar-refractivity contribution in [3.8, 4) is 28.1 Å². The van der Waals surface area contributed by atoms with E-state index in [1.165, 1.54) is 32.6 Å². The SMILES string of the molecule is c1ccc(-n2c3ccccc3c3cc4c(-c5ccc(-c6ccc7c8ccccc8nn7c6)cc5)nc5ccccc5c4cc32)cc1. The molecule has 0 N–H and O–H groups in total. The summed E-state index contributed by atoms with van der Waals surface area (Å²) in [5.74, 6) is 0. The van der Waals surface area contributed by atoms with Gasteiger partial charge in [-0.25, -0.2) is 9.50 Å². The summed E-state index contributed by atoms with van der Waals surface area (Å²) >= 11 is 0. The van der Waals surface area contributed by atoms with E-state index in [0.29, 0.717) is 0 Å². The maximum absolute atomic E-state index is 5.27. The molecule has 0 atom stereocenters. The maximum atomic E-state index is 5.27. The molecule has 10 rings (SSSR count). The summed E-state index contributed by atoms with van der Waals surface area (Å²) in [5, 5.41) is 11.9. The van der Waals surface area contributed by atoms with Crippen LogP contribution >= 0.6 is 0 Å². The van der Waals surface area contributed by atoms with Crippen molar-refractivity contribution < 1.29 is 0 Å². The molecule has 0 fully saturated rings. The molecule has 4 heteroatoms. The summed E-state index contributed by atoms with van der Waals surface area (Å²) < 4.78 is 4.37. The van der Waals surface area contributed by atoms with Gasteiger partial charge in [-0.05, 0) is 59.5 Å². The van der Waals surface area contributed by atoms with Crippen molar-refractivity contribution in [2.75, 3.05) is 0 Å².